The second-order valence-corrected chi connectivity index (χ2v) is 7.05. The molecule has 0 radical (unpaired) electrons. The molecule has 0 saturated carbocycles. The highest BCUT2D eigenvalue weighted by Crippen LogP contribution is 2.30. The minimum Gasteiger partial charge on any atom is -0.0622 e. The van der Waals surface area contributed by atoms with Crippen LogP contribution in [-0.2, 0) is 0 Å². The third-order valence-electron chi connectivity index (χ3n) is 5.27. The van der Waals surface area contributed by atoms with Gasteiger partial charge in [-0.2, -0.15) is 0 Å². The molecule has 0 bridgehead atoms. The van der Waals surface area contributed by atoms with Crippen LogP contribution in [-0.4, -0.2) is 0 Å². The van der Waals surface area contributed by atoms with E-state index in [1.165, 1.54) is 43.8 Å². The van der Waals surface area contributed by atoms with Crippen LogP contribution >= 0.6 is 0 Å². The van der Waals surface area contributed by atoms with Crippen LogP contribution in [0.4, 0.5) is 0 Å². The van der Waals surface area contributed by atoms with E-state index in [0.29, 0.717) is 0 Å². The summed E-state index contributed by atoms with van der Waals surface area (Å²) in [4.78, 5) is 0. The molecule has 0 aliphatic carbocycles. The molecule has 0 heteroatoms. The average molecular weight is 356 g/mol. The fourth-order valence-corrected chi connectivity index (χ4v) is 3.82. The Hall–Kier alpha value is -3.64. The van der Waals surface area contributed by atoms with Crippen molar-refractivity contribution in [3.63, 3.8) is 0 Å². The second kappa shape index (κ2) is 7.17. The first-order chi connectivity index (χ1) is 13.9. The maximum Gasteiger partial charge on any atom is -0.00994 e. The van der Waals surface area contributed by atoms with Gasteiger partial charge in [0.1, 0.15) is 0 Å². The minimum absolute atomic E-state index is 1.21. The lowest BCUT2D eigenvalue weighted by Crippen LogP contribution is -1.82. The molecule has 5 rings (SSSR count). The SMILES string of the molecule is C(=C\c1cc2ccccc2c2ccccc12)/c1ccc(-c2ccccc2)cc1. The van der Waals surface area contributed by atoms with Gasteiger partial charge in [0.25, 0.3) is 0 Å². The predicted octanol–water partition coefficient (Wildman–Crippen LogP) is 7.83. The largest absolute Gasteiger partial charge is 0.0622 e. The molecule has 5 aromatic carbocycles. The third-order valence-corrected chi connectivity index (χ3v) is 5.27. The van der Waals surface area contributed by atoms with Crippen LogP contribution in [0.3, 0.4) is 0 Å². The predicted molar refractivity (Wildman–Crippen MR) is 122 cm³/mol. The van der Waals surface area contributed by atoms with Gasteiger partial charge < -0.3 is 0 Å². The molecule has 0 saturated heterocycles. The minimum atomic E-state index is 1.21. The first-order valence-corrected chi connectivity index (χ1v) is 9.62. The van der Waals surface area contributed by atoms with Crippen molar-refractivity contribution in [3.8, 4) is 11.1 Å². The number of fused-ring (bicyclic) bond motifs is 3. The fraction of sp³-hybridized carbons (Fsp3) is 0. The summed E-state index contributed by atoms with van der Waals surface area (Å²) in [5, 5.41) is 5.18. The standard InChI is InChI=1S/C28H20/c1-2-8-22(9-3-1)23-17-14-21(15-18-23)16-19-25-20-24-10-4-5-11-26(24)28-13-7-6-12-27(25)28/h1-20H/b19-16+. The van der Waals surface area contributed by atoms with E-state index < -0.39 is 0 Å². The van der Waals surface area contributed by atoms with Crippen molar-refractivity contribution in [1.82, 2.24) is 0 Å². The molecule has 0 aliphatic heterocycles. The first kappa shape index (κ1) is 16.5. The monoisotopic (exact) mass is 356 g/mol. The summed E-state index contributed by atoms with van der Waals surface area (Å²) in [5.41, 5.74) is 4.95. The van der Waals surface area contributed by atoms with Gasteiger partial charge in [0.05, 0.1) is 0 Å². The molecule has 0 aliphatic rings. The van der Waals surface area contributed by atoms with Crippen molar-refractivity contribution >= 4 is 33.7 Å². The smallest absolute Gasteiger partial charge is 0.00994 e. The molecule has 5 aromatic rings. The highest BCUT2D eigenvalue weighted by Gasteiger charge is 2.04. The third kappa shape index (κ3) is 3.10. The van der Waals surface area contributed by atoms with E-state index in [1.807, 2.05) is 0 Å². The van der Waals surface area contributed by atoms with Crippen LogP contribution in [0, 0.1) is 0 Å². The molecule has 0 N–H and O–H groups in total. The van der Waals surface area contributed by atoms with Crippen molar-refractivity contribution in [1.29, 1.82) is 0 Å². The Morgan fingerprint density at radius 2 is 1.04 bits per heavy atom. The van der Waals surface area contributed by atoms with Gasteiger partial charge in [-0.3, -0.25) is 0 Å². The van der Waals surface area contributed by atoms with Crippen molar-refractivity contribution in [2.75, 3.05) is 0 Å². The summed E-state index contributed by atoms with van der Waals surface area (Å²) in [6.45, 7) is 0. The van der Waals surface area contributed by atoms with E-state index in [9.17, 15) is 0 Å². The number of hydrogen-bond donors (Lipinski definition) is 0. The quantitative estimate of drug-likeness (QED) is 0.228. The van der Waals surface area contributed by atoms with Gasteiger partial charge in [-0.15, -0.1) is 0 Å². The van der Waals surface area contributed by atoms with Crippen LogP contribution in [0.25, 0.3) is 44.8 Å². The van der Waals surface area contributed by atoms with Crippen molar-refractivity contribution < 1.29 is 0 Å². The lowest BCUT2D eigenvalue weighted by atomic mass is 9.96. The Morgan fingerprint density at radius 1 is 0.429 bits per heavy atom. The van der Waals surface area contributed by atoms with Crippen LogP contribution in [0.15, 0.2) is 109 Å². The molecule has 132 valence electrons. The lowest BCUT2D eigenvalue weighted by Gasteiger charge is -2.08. The van der Waals surface area contributed by atoms with Crippen LogP contribution < -0.4 is 0 Å². The highest BCUT2D eigenvalue weighted by atomic mass is 14.1. The van der Waals surface area contributed by atoms with E-state index in [1.54, 1.807) is 0 Å². The summed E-state index contributed by atoms with van der Waals surface area (Å²) in [6.07, 6.45) is 4.43. The molecule has 0 unspecified atom stereocenters. The van der Waals surface area contributed by atoms with Gasteiger partial charge in [0, 0.05) is 0 Å². The van der Waals surface area contributed by atoms with Crippen LogP contribution in [0.1, 0.15) is 11.1 Å². The Morgan fingerprint density at radius 3 is 1.82 bits per heavy atom. The molecule has 0 atom stereocenters. The molecular weight excluding hydrogens is 336 g/mol. The Balaban J connectivity index is 1.53. The zero-order valence-corrected chi connectivity index (χ0v) is 15.5. The summed E-state index contributed by atoms with van der Waals surface area (Å²) in [6, 6.07) is 38.8. The lowest BCUT2D eigenvalue weighted by molar-refractivity contribution is 1.60. The Kier molecular flexibility index (Phi) is 4.23. The molecule has 0 aromatic heterocycles. The van der Waals surface area contributed by atoms with Crippen molar-refractivity contribution in [3.05, 3.63) is 120 Å². The maximum absolute atomic E-state index is 2.28. The van der Waals surface area contributed by atoms with Gasteiger partial charge >= 0.3 is 0 Å². The summed E-state index contributed by atoms with van der Waals surface area (Å²) in [5.74, 6) is 0. The molecule has 28 heavy (non-hydrogen) atoms. The summed E-state index contributed by atoms with van der Waals surface area (Å²) in [7, 11) is 0. The van der Waals surface area contributed by atoms with Gasteiger partial charge in [-0.1, -0.05) is 115 Å². The van der Waals surface area contributed by atoms with Crippen LogP contribution in [0.5, 0.6) is 0 Å². The van der Waals surface area contributed by atoms with E-state index in [-0.39, 0.29) is 0 Å². The molecule has 0 amide bonds. The normalized spacial score (nSPS) is 11.4. The van der Waals surface area contributed by atoms with E-state index in [0.717, 1.165) is 0 Å². The fourth-order valence-electron chi connectivity index (χ4n) is 3.82. The summed E-state index contributed by atoms with van der Waals surface area (Å²) < 4.78 is 0. The second-order valence-electron chi connectivity index (χ2n) is 7.05. The van der Waals surface area contributed by atoms with Crippen LogP contribution in [0.2, 0.25) is 0 Å². The molecule has 0 spiro atoms. The van der Waals surface area contributed by atoms with Gasteiger partial charge in [0.2, 0.25) is 0 Å². The highest BCUT2D eigenvalue weighted by molar-refractivity contribution is 6.11. The zero-order valence-electron chi connectivity index (χ0n) is 15.5. The van der Waals surface area contributed by atoms with Gasteiger partial charge in [-0.05, 0) is 49.9 Å². The van der Waals surface area contributed by atoms with Gasteiger partial charge in [-0.25, -0.2) is 0 Å². The van der Waals surface area contributed by atoms with Gasteiger partial charge in [0.15, 0.2) is 0 Å². The number of benzene rings is 5. The molecule has 0 fully saturated rings. The number of rotatable bonds is 3. The van der Waals surface area contributed by atoms with Crippen molar-refractivity contribution in [2.45, 2.75) is 0 Å². The zero-order chi connectivity index (χ0) is 18.8. The Bertz CT molecular complexity index is 1280. The van der Waals surface area contributed by atoms with E-state index >= 15 is 0 Å². The maximum atomic E-state index is 2.28. The molecule has 0 nitrogen and oxygen atoms in total. The molecular formula is C28H20. The average Bonchev–Trinajstić information content (AvgIpc) is 2.78. The van der Waals surface area contributed by atoms with Crippen molar-refractivity contribution in [2.24, 2.45) is 0 Å². The summed E-state index contributed by atoms with van der Waals surface area (Å²) >= 11 is 0. The molecule has 0 heterocycles. The van der Waals surface area contributed by atoms with E-state index in [4.69, 9.17) is 0 Å². The Labute approximate surface area is 165 Å². The topological polar surface area (TPSA) is 0 Å². The van der Waals surface area contributed by atoms with E-state index in [2.05, 4.69) is 121 Å². The number of hydrogen-bond acceptors (Lipinski definition) is 0. The first-order valence-electron chi connectivity index (χ1n) is 9.62.